The molecule has 5 nitrogen and oxygen atoms in total. The van der Waals surface area contributed by atoms with E-state index in [9.17, 15) is 8.42 Å². The van der Waals surface area contributed by atoms with E-state index < -0.39 is 10.0 Å². The van der Waals surface area contributed by atoms with Crippen molar-refractivity contribution >= 4 is 10.0 Å². The molecule has 1 unspecified atom stereocenters. The molecule has 0 radical (unpaired) electrons. The Morgan fingerprint density at radius 3 is 2.11 bits per heavy atom. The maximum atomic E-state index is 13.3. The number of benzene rings is 2. The first-order valence-electron chi connectivity index (χ1n) is 9.46. The number of hydrogen-bond acceptors (Lipinski definition) is 4. The minimum absolute atomic E-state index is 0.0186. The molecule has 1 aliphatic rings. The van der Waals surface area contributed by atoms with E-state index in [0.717, 1.165) is 16.7 Å². The molecule has 2 aromatic rings. The predicted molar refractivity (Wildman–Crippen MR) is 111 cm³/mol. The molecule has 0 fully saturated rings. The summed E-state index contributed by atoms with van der Waals surface area (Å²) in [6, 6.07) is 10.8. The fourth-order valence-electron chi connectivity index (χ4n) is 3.71. The van der Waals surface area contributed by atoms with Crippen molar-refractivity contribution in [3.05, 3.63) is 53.1 Å². The van der Waals surface area contributed by atoms with Crippen LogP contribution in [0.5, 0.6) is 11.5 Å². The highest BCUT2D eigenvalue weighted by Gasteiger charge is 2.35. The summed E-state index contributed by atoms with van der Waals surface area (Å²) in [5.41, 5.74) is 3.15. The van der Waals surface area contributed by atoms with Gasteiger partial charge in [0.1, 0.15) is 0 Å². The Hall–Kier alpha value is -2.05. The van der Waals surface area contributed by atoms with E-state index in [2.05, 4.69) is 20.8 Å². The molecule has 6 heteroatoms. The Labute approximate surface area is 168 Å². The molecular formula is C22H29NO4S. The highest BCUT2D eigenvalue weighted by Crippen LogP contribution is 2.40. The normalized spacial score (nSPS) is 17.9. The highest BCUT2D eigenvalue weighted by atomic mass is 32.2. The van der Waals surface area contributed by atoms with Crippen molar-refractivity contribution in [1.29, 1.82) is 0 Å². The Kier molecular flexibility index (Phi) is 5.47. The van der Waals surface area contributed by atoms with Crippen LogP contribution in [0.1, 0.15) is 50.4 Å². The quantitative estimate of drug-likeness (QED) is 0.763. The zero-order chi connectivity index (χ0) is 20.7. The Morgan fingerprint density at radius 1 is 1.00 bits per heavy atom. The Bertz CT molecular complexity index is 959. The van der Waals surface area contributed by atoms with Crippen molar-refractivity contribution in [2.45, 2.75) is 50.5 Å². The number of rotatable bonds is 4. The fourth-order valence-corrected chi connectivity index (χ4v) is 5.32. The van der Waals surface area contributed by atoms with E-state index in [1.807, 2.05) is 31.2 Å². The van der Waals surface area contributed by atoms with Gasteiger partial charge in [0.15, 0.2) is 11.5 Å². The number of sulfonamides is 1. The molecule has 3 rings (SSSR count). The molecule has 0 saturated carbocycles. The summed E-state index contributed by atoms with van der Waals surface area (Å²) in [5.74, 6) is 1.28. The molecule has 0 N–H and O–H groups in total. The topological polar surface area (TPSA) is 55.8 Å². The molecule has 0 aliphatic carbocycles. The van der Waals surface area contributed by atoms with Gasteiger partial charge < -0.3 is 9.47 Å². The Balaban J connectivity index is 1.96. The number of fused-ring (bicyclic) bond motifs is 1. The summed E-state index contributed by atoms with van der Waals surface area (Å²) in [6.45, 7) is 8.70. The summed E-state index contributed by atoms with van der Waals surface area (Å²) in [5, 5.41) is 0. The van der Waals surface area contributed by atoms with Gasteiger partial charge in [-0.2, -0.15) is 4.31 Å². The molecule has 0 amide bonds. The van der Waals surface area contributed by atoms with Crippen LogP contribution in [0.15, 0.2) is 41.3 Å². The summed E-state index contributed by atoms with van der Waals surface area (Å²) in [6.07, 6.45) is 0.638. The SMILES string of the molecule is COc1cc2c(cc1OC)C(C)N(S(=O)(=O)c1ccc(C(C)(C)C)cc1)CC2. The lowest BCUT2D eigenvalue weighted by molar-refractivity contribution is 0.319. The monoisotopic (exact) mass is 403 g/mol. The molecule has 0 aromatic heterocycles. The first-order chi connectivity index (χ1) is 13.1. The molecule has 1 atom stereocenters. The zero-order valence-corrected chi connectivity index (χ0v) is 18.3. The smallest absolute Gasteiger partial charge is 0.243 e. The van der Waals surface area contributed by atoms with E-state index in [1.54, 1.807) is 30.7 Å². The third-order valence-corrected chi connectivity index (χ3v) is 7.44. The van der Waals surface area contributed by atoms with Gasteiger partial charge in [-0.3, -0.25) is 0 Å². The van der Waals surface area contributed by atoms with Crippen LogP contribution in [-0.2, 0) is 21.9 Å². The first-order valence-corrected chi connectivity index (χ1v) is 10.9. The van der Waals surface area contributed by atoms with Crippen LogP contribution in [0.2, 0.25) is 0 Å². The number of ether oxygens (including phenoxy) is 2. The third kappa shape index (κ3) is 3.63. The van der Waals surface area contributed by atoms with Crippen LogP contribution in [0.25, 0.3) is 0 Å². The number of nitrogens with zero attached hydrogens (tertiary/aromatic N) is 1. The van der Waals surface area contributed by atoms with Crippen molar-refractivity contribution in [3.8, 4) is 11.5 Å². The first kappa shape index (κ1) is 20.7. The van der Waals surface area contributed by atoms with Crippen LogP contribution in [0.3, 0.4) is 0 Å². The van der Waals surface area contributed by atoms with Gasteiger partial charge in [-0.1, -0.05) is 32.9 Å². The van der Waals surface area contributed by atoms with Crippen molar-refractivity contribution in [1.82, 2.24) is 4.31 Å². The second-order valence-corrected chi connectivity index (χ2v) is 10.1. The van der Waals surface area contributed by atoms with Gasteiger partial charge in [-0.05, 0) is 59.7 Å². The van der Waals surface area contributed by atoms with Gasteiger partial charge >= 0.3 is 0 Å². The molecular weight excluding hydrogens is 374 g/mol. The standard InChI is InChI=1S/C22H29NO4S/c1-15-19-14-21(27-6)20(26-5)13-16(19)11-12-23(15)28(24,25)18-9-7-17(8-10-18)22(2,3)4/h7-10,13-15H,11-12H2,1-6H3. The van der Waals surface area contributed by atoms with Gasteiger partial charge in [0.2, 0.25) is 10.0 Å². The van der Waals surface area contributed by atoms with Crippen molar-refractivity contribution in [3.63, 3.8) is 0 Å². The van der Waals surface area contributed by atoms with E-state index in [-0.39, 0.29) is 11.5 Å². The second kappa shape index (κ2) is 7.41. The van der Waals surface area contributed by atoms with E-state index in [0.29, 0.717) is 29.4 Å². The van der Waals surface area contributed by atoms with Crippen LogP contribution in [-0.4, -0.2) is 33.5 Å². The van der Waals surface area contributed by atoms with Crippen LogP contribution in [0, 0.1) is 0 Å². The number of hydrogen-bond donors (Lipinski definition) is 0. The van der Waals surface area contributed by atoms with E-state index in [4.69, 9.17) is 9.47 Å². The summed E-state index contributed by atoms with van der Waals surface area (Å²) in [7, 11) is -0.398. The molecule has 0 saturated heterocycles. The van der Waals surface area contributed by atoms with Gasteiger partial charge in [-0.15, -0.1) is 0 Å². The zero-order valence-electron chi connectivity index (χ0n) is 17.4. The van der Waals surface area contributed by atoms with Gasteiger partial charge in [-0.25, -0.2) is 8.42 Å². The van der Waals surface area contributed by atoms with Crippen LogP contribution in [0.4, 0.5) is 0 Å². The van der Waals surface area contributed by atoms with Crippen molar-refractivity contribution < 1.29 is 17.9 Å². The van der Waals surface area contributed by atoms with Crippen molar-refractivity contribution in [2.24, 2.45) is 0 Å². The molecule has 28 heavy (non-hydrogen) atoms. The summed E-state index contributed by atoms with van der Waals surface area (Å²) < 4.78 is 39.0. The predicted octanol–water partition coefficient (Wildman–Crippen LogP) is 4.31. The lowest BCUT2D eigenvalue weighted by atomic mass is 9.87. The lowest BCUT2D eigenvalue weighted by Gasteiger charge is -2.35. The molecule has 1 aliphatic heterocycles. The van der Waals surface area contributed by atoms with Gasteiger partial charge in [0.05, 0.1) is 19.1 Å². The van der Waals surface area contributed by atoms with E-state index >= 15 is 0 Å². The average Bonchev–Trinajstić information content (AvgIpc) is 2.66. The fraction of sp³-hybridized carbons (Fsp3) is 0.455. The number of methoxy groups -OCH3 is 2. The molecule has 0 bridgehead atoms. The highest BCUT2D eigenvalue weighted by molar-refractivity contribution is 7.89. The average molecular weight is 404 g/mol. The third-order valence-electron chi connectivity index (χ3n) is 5.46. The Morgan fingerprint density at radius 2 is 1.57 bits per heavy atom. The summed E-state index contributed by atoms with van der Waals surface area (Å²) >= 11 is 0. The molecule has 0 spiro atoms. The van der Waals surface area contributed by atoms with Gasteiger partial charge in [0.25, 0.3) is 0 Å². The largest absolute Gasteiger partial charge is 0.493 e. The molecule has 2 aromatic carbocycles. The van der Waals surface area contributed by atoms with Crippen LogP contribution >= 0.6 is 0 Å². The molecule has 152 valence electrons. The maximum absolute atomic E-state index is 13.3. The minimum atomic E-state index is -3.59. The maximum Gasteiger partial charge on any atom is 0.243 e. The minimum Gasteiger partial charge on any atom is -0.493 e. The lowest BCUT2D eigenvalue weighted by Crippen LogP contribution is -2.38. The van der Waals surface area contributed by atoms with Gasteiger partial charge in [0, 0.05) is 12.6 Å². The van der Waals surface area contributed by atoms with E-state index in [1.165, 1.54) is 0 Å². The van der Waals surface area contributed by atoms with Crippen molar-refractivity contribution in [2.75, 3.05) is 20.8 Å². The summed E-state index contributed by atoms with van der Waals surface area (Å²) in [4.78, 5) is 0.330. The molecule has 1 heterocycles. The van der Waals surface area contributed by atoms with Crippen LogP contribution < -0.4 is 9.47 Å². The second-order valence-electron chi connectivity index (χ2n) is 8.22.